The van der Waals surface area contributed by atoms with Gasteiger partial charge in [-0.15, -0.1) is 0 Å². The Balaban J connectivity index is 1.52. The van der Waals surface area contributed by atoms with E-state index in [9.17, 15) is 18.0 Å². The van der Waals surface area contributed by atoms with Crippen molar-refractivity contribution >= 4 is 33.2 Å². The van der Waals surface area contributed by atoms with Gasteiger partial charge in [0.15, 0.2) is 0 Å². The summed E-state index contributed by atoms with van der Waals surface area (Å²) in [5.41, 5.74) is 2.46. The fourth-order valence-corrected chi connectivity index (χ4v) is 5.37. The Hall–Kier alpha value is -3.65. The molecule has 2 amide bonds. The smallest absolute Gasteiger partial charge is 0.255 e. The van der Waals surface area contributed by atoms with Gasteiger partial charge >= 0.3 is 0 Å². The van der Waals surface area contributed by atoms with Crippen LogP contribution in [0.1, 0.15) is 45.7 Å². The lowest BCUT2D eigenvalue weighted by molar-refractivity contribution is 0.0940. The van der Waals surface area contributed by atoms with Crippen molar-refractivity contribution in [3.63, 3.8) is 0 Å². The first-order valence-electron chi connectivity index (χ1n) is 10.7. The summed E-state index contributed by atoms with van der Waals surface area (Å²) in [6.45, 7) is 2.29. The third kappa shape index (κ3) is 5.06. The minimum absolute atomic E-state index is 0.104. The number of anilines is 2. The number of nitrogens with one attached hydrogen (secondary N) is 2. The molecule has 170 valence electrons. The summed E-state index contributed by atoms with van der Waals surface area (Å²) in [5.74, 6) is -0.628. The Bertz CT molecular complexity index is 1280. The molecule has 1 aliphatic rings. The fraction of sp³-hybridized carbons (Fsp3) is 0.200. The third-order valence-electron chi connectivity index (χ3n) is 5.56. The number of benzene rings is 3. The molecule has 2 N–H and O–H groups in total. The lowest BCUT2D eigenvalue weighted by atomic mass is 10.1. The van der Waals surface area contributed by atoms with Crippen LogP contribution in [-0.2, 0) is 10.0 Å². The number of carbonyl (C=O) groups is 2. The van der Waals surface area contributed by atoms with E-state index in [1.54, 1.807) is 48.5 Å². The topological polar surface area (TPSA) is 95.6 Å². The molecule has 0 radical (unpaired) electrons. The second-order valence-electron chi connectivity index (χ2n) is 7.90. The van der Waals surface area contributed by atoms with Crippen molar-refractivity contribution in [2.24, 2.45) is 0 Å². The van der Waals surface area contributed by atoms with Crippen molar-refractivity contribution in [1.82, 2.24) is 5.32 Å². The van der Waals surface area contributed by atoms with Crippen LogP contribution in [0.3, 0.4) is 0 Å². The number of carbonyl (C=O) groups excluding carboxylic acids is 2. The van der Waals surface area contributed by atoms with Crippen LogP contribution >= 0.6 is 0 Å². The summed E-state index contributed by atoms with van der Waals surface area (Å²) < 4.78 is 25.8. The highest BCUT2D eigenvalue weighted by molar-refractivity contribution is 7.93. The van der Waals surface area contributed by atoms with Gasteiger partial charge in [-0.1, -0.05) is 48.5 Å². The van der Waals surface area contributed by atoms with Crippen LogP contribution in [0.2, 0.25) is 0 Å². The summed E-state index contributed by atoms with van der Waals surface area (Å²) >= 11 is 0. The Kier molecular flexibility index (Phi) is 6.46. The minimum atomic E-state index is -3.35. The molecule has 33 heavy (non-hydrogen) atoms. The molecule has 0 aromatic heterocycles. The van der Waals surface area contributed by atoms with E-state index in [0.29, 0.717) is 35.5 Å². The Morgan fingerprint density at radius 1 is 0.909 bits per heavy atom. The van der Waals surface area contributed by atoms with Crippen LogP contribution in [0.5, 0.6) is 0 Å². The zero-order valence-electron chi connectivity index (χ0n) is 18.2. The summed E-state index contributed by atoms with van der Waals surface area (Å²) in [6, 6.07) is 22.7. The number of amides is 2. The second kappa shape index (κ2) is 9.46. The van der Waals surface area contributed by atoms with Gasteiger partial charge in [-0.2, -0.15) is 0 Å². The molecule has 0 bridgehead atoms. The van der Waals surface area contributed by atoms with E-state index < -0.39 is 15.9 Å². The van der Waals surface area contributed by atoms with Gasteiger partial charge in [0.05, 0.1) is 28.7 Å². The average Bonchev–Trinajstić information content (AvgIpc) is 3.18. The average molecular weight is 464 g/mol. The standard InChI is InChI=1S/C25H25N3O4S/c1-18(19-9-3-2-4-10-19)26-25(30)22-13-5-6-14-23(22)27-24(29)20-11-7-12-21(17-20)28-15-8-16-33(28,31)32/h2-7,9-14,17-18H,8,15-16H2,1H3,(H,26,30)(H,27,29)/t18-/m1/s1. The van der Waals surface area contributed by atoms with Crippen LogP contribution in [0.25, 0.3) is 0 Å². The van der Waals surface area contributed by atoms with Gasteiger partial charge < -0.3 is 10.6 Å². The molecule has 7 nitrogen and oxygen atoms in total. The van der Waals surface area contributed by atoms with Gasteiger partial charge in [-0.3, -0.25) is 13.9 Å². The van der Waals surface area contributed by atoms with Crippen molar-refractivity contribution in [2.75, 3.05) is 21.9 Å². The minimum Gasteiger partial charge on any atom is -0.345 e. The molecule has 1 fully saturated rings. The number of nitrogens with zero attached hydrogens (tertiary/aromatic N) is 1. The monoisotopic (exact) mass is 463 g/mol. The Labute approximate surface area is 193 Å². The number of rotatable bonds is 6. The fourth-order valence-electron chi connectivity index (χ4n) is 3.82. The number of hydrogen-bond donors (Lipinski definition) is 2. The van der Waals surface area contributed by atoms with Gasteiger partial charge in [0.1, 0.15) is 0 Å². The largest absolute Gasteiger partial charge is 0.345 e. The Morgan fingerprint density at radius 2 is 1.64 bits per heavy atom. The molecule has 0 unspecified atom stereocenters. The van der Waals surface area contributed by atoms with Crippen molar-refractivity contribution in [3.8, 4) is 0 Å². The van der Waals surface area contributed by atoms with Gasteiger partial charge in [0.25, 0.3) is 11.8 Å². The van der Waals surface area contributed by atoms with Crippen LogP contribution in [0.15, 0.2) is 78.9 Å². The zero-order chi connectivity index (χ0) is 23.4. The molecule has 1 heterocycles. The molecule has 1 atom stereocenters. The van der Waals surface area contributed by atoms with Gasteiger partial charge in [0, 0.05) is 12.1 Å². The van der Waals surface area contributed by atoms with Gasteiger partial charge in [-0.25, -0.2) is 8.42 Å². The highest BCUT2D eigenvalue weighted by Gasteiger charge is 2.28. The lowest BCUT2D eigenvalue weighted by Crippen LogP contribution is -2.28. The maximum absolute atomic E-state index is 13.0. The first-order chi connectivity index (χ1) is 15.8. The molecule has 0 saturated carbocycles. The third-order valence-corrected chi connectivity index (χ3v) is 7.43. The van der Waals surface area contributed by atoms with Crippen LogP contribution in [0, 0.1) is 0 Å². The van der Waals surface area contributed by atoms with Crippen LogP contribution in [-0.4, -0.2) is 32.5 Å². The summed E-state index contributed by atoms with van der Waals surface area (Å²) in [7, 11) is -3.35. The molecule has 4 rings (SSSR count). The quantitative estimate of drug-likeness (QED) is 0.578. The first kappa shape index (κ1) is 22.5. The molecule has 8 heteroatoms. The zero-order valence-corrected chi connectivity index (χ0v) is 19.0. The molecule has 1 saturated heterocycles. The number of para-hydroxylation sites is 1. The van der Waals surface area contributed by atoms with E-state index >= 15 is 0 Å². The van der Waals surface area contributed by atoms with E-state index in [0.717, 1.165) is 5.56 Å². The predicted molar refractivity (Wildman–Crippen MR) is 129 cm³/mol. The second-order valence-corrected chi connectivity index (χ2v) is 9.91. The Morgan fingerprint density at radius 3 is 2.36 bits per heavy atom. The van der Waals surface area contributed by atoms with Gasteiger partial charge in [-0.05, 0) is 49.2 Å². The van der Waals surface area contributed by atoms with Crippen molar-refractivity contribution in [1.29, 1.82) is 0 Å². The number of hydrogen-bond acceptors (Lipinski definition) is 4. The molecule has 0 spiro atoms. The molecular weight excluding hydrogens is 438 g/mol. The highest BCUT2D eigenvalue weighted by atomic mass is 32.2. The van der Waals surface area contributed by atoms with Crippen LogP contribution < -0.4 is 14.9 Å². The molecular formula is C25H25N3O4S. The SMILES string of the molecule is C[C@@H](NC(=O)c1ccccc1NC(=O)c1cccc(N2CCCS2(=O)=O)c1)c1ccccc1. The highest BCUT2D eigenvalue weighted by Crippen LogP contribution is 2.25. The summed E-state index contributed by atoms with van der Waals surface area (Å²) in [5, 5.41) is 5.75. The maximum Gasteiger partial charge on any atom is 0.255 e. The molecule has 1 aliphatic heterocycles. The van der Waals surface area contributed by atoms with Crippen LogP contribution in [0.4, 0.5) is 11.4 Å². The van der Waals surface area contributed by atoms with Crippen molar-refractivity contribution in [3.05, 3.63) is 95.6 Å². The number of sulfonamides is 1. The van der Waals surface area contributed by atoms with E-state index in [4.69, 9.17) is 0 Å². The first-order valence-corrected chi connectivity index (χ1v) is 12.3. The molecule has 0 aliphatic carbocycles. The summed E-state index contributed by atoms with van der Waals surface area (Å²) in [6.07, 6.45) is 0.558. The van der Waals surface area contributed by atoms with E-state index in [2.05, 4.69) is 10.6 Å². The predicted octanol–water partition coefficient (Wildman–Crippen LogP) is 3.97. The molecule has 3 aromatic carbocycles. The normalized spacial score (nSPS) is 15.6. The lowest BCUT2D eigenvalue weighted by Gasteiger charge is -2.18. The van der Waals surface area contributed by atoms with Crippen molar-refractivity contribution < 1.29 is 18.0 Å². The van der Waals surface area contributed by atoms with E-state index in [1.165, 1.54) is 4.31 Å². The van der Waals surface area contributed by atoms with E-state index in [1.807, 2.05) is 37.3 Å². The summed E-state index contributed by atoms with van der Waals surface area (Å²) in [4.78, 5) is 25.9. The molecule has 3 aromatic rings. The van der Waals surface area contributed by atoms with E-state index in [-0.39, 0.29) is 17.7 Å². The van der Waals surface area contributed by atoms with Crippen molar-refractivity contribution in [2.45, 2.75) is 19.4 Å². The van der Waals surface area contributed by atoms with Gasteiger partial charge in [0.2, 0.25) is 10.0 Å². The maximum atomic E-state index is 13.0.